The number of hydrogen-bond donors (Lipinski definition) is 2. The number of non-ortho nitro benzene ring substituents is 1. The molecule has 2 aromatic carbocycles. The number of nitrogens with zero attached hydrogens (tertiary/aromatic N) is 1. The standard InChI is InChI=1S/C16H12ClF2N3O4/c1-20-16(24)14(8-2-5-12(18)13(19)6-8)21-15(23)10-4-3-9(22(25)26)7-11(10)17/h2-7,14H,1H3,(H,20,24)(H,21,23). The van der Waals surface area contributed by atoms with Crippen LogP contribution in [0.3, 0.4) is 0 Å². The Morgan fingerprint density at radius 2 is 1.85 bits per heavy atom. The molecule has 0 saturated heterocycles. The van der Waals surface area contributed by atoms with E-state index in [9.17, 15) is 28.5 Å². The predicted octanol–water partition coefficient (Wildman–Crippen LogP) is 2.74. The van der Waals surface area contributed by atoms with E-state index < -0.39 is 34.4 Å². The van der Waals surface area contributed by atoms with Crippen LogP contribution in [-0.2, 0) is 4.79 Å². The zero-order chi connectivity index (χ0) is 19.4. The van der Waals surface area contributed by atoms with Crippen molar-refractivity contribution >= 4 is 29.1 Å². The van der Waals surface area contributed by atoms with Crippen molar-refractivity contribution in [2.24, 2.45) is 0 Å². The number of halogens is 3. The van der Waals surface area contributed by atoms with Gasteiger partial charge in [-0.3, -0.25) is 19.7 Å². The van der Waals surface area contributed by atoms with Crippen LogP contribution in [0, 0.1) is 21.7 Å². The fourth-order valence-electron chi connectivity index (χ4n) is 2.15. The van der Waals surface area contributed by atoms with Gasteiger partial charge in [0.15, 0.2) is 11.6 Å². The minimum Gasteiger partial charge on any atom is -0.357 e. The second kappa shape index (κ2) is 7.87. The molecular formula is C16H12ClF2N3O4. The maximum Gasteiger partial charge on any atom is 0.270 e. The summed E-state index contributed by atoms with van der Waals surface area (Å²) in [6.07, 6.45) is 0. The molecule has 0 spiro atoms. The summed E-state index contributed by atoms with van der Waals surface area (Å²) in [4.78, 5) is 34.5. The van der Waals surface area contributed by atoms with Gasteiger partial charge in [-0.1, -0.05) is 17.7 Å². The van der Waals surface area contributed by atoms with Crippen molar-refractivity contribution < 1.29 is 23.3 Å². The van der Waals surface area contributed by atoms with E-state index in [4.69, 9.17) is 11.6 Å². The molecule has 26 heavy (non-hydrogen) atoms. The highest BCUT2D eigenvalue weighted by Gasteiger charge is 2.25. The molecule has 10 heteroatoms. The van der Waals surface area contributed by atoms with Gasteiger partial charge in [-0.15, -0.1) is 0 Å². The maximum atomic E-state index is 13.4. The number of nitrogens with one attached hydrogen (secondary N) is 2. The zero-order valence-electron chi connectivity index (χ0n) is 13.3. The van der Waals surface area contributed by atoms with E-state index in [-0.39, 0.29) is 21.8 Å². The summed E-state index contributed by atoms with van der Waals surface area (Å²) in [5.41, 5.74) is -0.418. The molecule has 2 amide bonds. The van der Waals surface area contributed by atoms with Gasteiger partial charge in [-0.25, -0.2) is 8.78 Å². The van der Waals surface area contributed by atoms with E-state index in [1.54, 1.807) is 0 Å². The second-order valence-corrected chi connectivity index (χ2v) is 5.52. The molecule has 0 bridgehead atoms. The van der Waals surface area contributed by atoms with Gasteiger partial charge in [-0.2, -0.15) is 0 Å². The molecule has 0 radical (unpaired) electrons. The first kappa shape index (κ1) is 19.3. The summed E-state index contributed by atoms with van der Waals surface area (Å²) in [6, 6.07) is 4.63. The molecule has 0 heterocycles. The molecule has 136 valence electrons. The van der Waals surface area contributed by atoms with Crippen molar-refractivity contribution in [1.29, 1.82) is 0 Å². The largest absolute Gasteiger partial charge is 0.357 e. The Hall–Kier alpha value is -3.07. The van der Waals surface area contributed by atoms with Crippen molar-refractivity contribution in [2.75, 3.05) is 7.05 Å². The summed E-state index contributed by atoms with van der Waals surface area (Å²) in [7, 11) is 1.31. The molecule has 2 N–H and O–H groups in total. The van der Waals surface area contributed by atoms with Crippen LogP contribution >= 0.6 is 11.6 Å². The zero-order valence-corrected chi connectivity index (χ0v) is 14.0. The molecule has 2 rings (SSSR count). The lowest BCUT2D eigenvalue weighted by molar-refractivity contribution is -0.384. The molecule has 2 aromatic rings. The number of rotatable bonds is 5. The molecule has 0 aromatic heterocycles. The van der Waals surface area contributed by atoms with Crippen molar-refractivity contribution in [3.05, 3.63) is 74.3 Å². The number of amides is 2. The third-order valence-electron chi connectivity index (χ3n) is 3.47. The number of nitro groups is 1. The first-order valence-corrected chi connectivity index (χ1v) is 7.53. The van der Waals surface area contributed by atoms with E-state index in [0.29, 0.717) is 0 Å². The minimum absolute atomic E-state index is 0.00892. The Balaban J connectivity index is 2.34. The minimum atomic E-state index is -1.33. The first-order valence-electron chi connectivity index (χ1n) is 7.16. The number of hydrogen-bond acceptors (Lipinski definition) is 4. The smallest absolute Gasteiger partial charge is 0.270 e. The van der Waals surface area contributed by atoms with Crippen LogP contribution in [-0.4, -0.2) is 23.8 Å². The highest BCUT2D eigenvalue weighted by Crippen LogP contribution is 2.24. The topological polar surface area (TPSA) is 101 Å². The lowest BCUT2D eigenvalue weighted by atomic mass is 10.0. The fraction of sp³-hybridized carbons (Fsp3) is 0.125. The van der Waals surface area contributed by atoms with Gasteiger partial charge in [0.25, 0.3) is 11.6 Å². The van der Waals surface area contributed by atoms with Crippen molar-refractivity contribution in [3.63, 3.8) is 0 Å². The Labute approximate surface area is 151 Å². The normalized spacial score (nSPS) is 11.5. The van der Waals surface area contributed by atoms with Crippen molar-refractivity contribution in [2.45, 2.75) is 6.04 Å². The number of nitro benzene ring substituents is 1. The first-order chi connectivity index (χ1) is 12.2. The average Bonchev–Trinajstić information content (AvgIpc) is 2.61. The third kappa shape index (κ3) is 4.12. The lowest BCUT2D eigenvalue weighted by Crippen LogP contribution is -2.39. The highest BCUT2D eigenvalue weighted by molar-refractivity contribution is 6.34. The van der Waals surface area contributed by atoms with Crippen LogP contribution in [0.4, 0.5) is 14.5 Å². The molecule has 0 aliphatic heterocycles. The van der Waals surface area contributed by atoms with Gasteiger partial charge in [0, 0.05) is 19.2 Å². The summed E-state index contributed by atoms with van der Waals surface area (Å²) in [5, 5.41) is 15.2. The van der Waals surface area contributed by atoms with E-state index in [0.717, 1.165) is 36.4 Å². The predicted molar refractivity (Wildman–Crippen MR) is 88.7 cm³/mol. The quantitative estimate of drug-likeness (QED) is 0.612. The molecule has 0 aliphatic rings. The van der Waals surface area contributed by atoms with E-state index in [1.165, 1.54) is 7.05 Å². The van der Waals surface area contributed by atoms with Gasteiger partial charge in [-0.05, 0) is 23.8 Å². The Morgan fingerprint density at radius 1 is 1.15 bits per heavy atom. The fourth-order valence-corrected chi connectivity index (χ4v) is 2.41. The maximum absolute atomic E-state index is 13.4. The number of likely N-dealkylation sites (N-methyl/N-ethyl adjacent to an activating group) is 1. The second-order valence-electron chi connectivity index (χ2n) is 5.12. The molecule has 0 aliphatic carbocycles. The SMILES string of the molecule is CNC(=O)C(NC(=O)c1ccc([N+](=O)[O-])cc1Cl)c1ccc(F)c(F)c1. The molecule has 1 atom stereocenters. The number of carbonyl (C=O) groups excluding carboxylic acids is 2. The third-order valence-corrected chi connectivity index (χ3v) is 3.78. The van der Waals surface area contributed by atoms with Crippen LogP contribution < -0.4 is 10.6 Å². The Bertz CT molecular complexity index is 892. The highest BCUT2D eigenvalue weighted by atomic mass is 35.5. The van der Waals surface area contributed by atoms with Gasteiger partial charge in [0.2, 0.25) is 5.91 Å². The van der Waals surface area contributed by atoms with Crippen LogP contribution in [0.25, 0.3) is 0 Å². The Kier molecular flexibility index (Phi) is 5.83. The van der Waals surface area contributed by atoms with Gasteiger partial charge in [0.05, 0.1) is 15.5 Å². The summed E-state index contributed by atoms with van der Waals surface area (Å²) < 4.78 is 26.5. The molecular weight excluding hydrogens is 372 g/mol. The summed E-state index contributed by atoms with van der Waals surface area (Å²) >= 11 is 5.88. The van der Waals surface area contributed by atoms with Gasteiger partial charge >= 0.3 is 0 Å². The van der Waals surface area contributed by atoms with E-state index >= 15 is 0 Å². The van der Waals surface area contributed by atoms with Crippen molar-refractivity contribution in [3.8, 4) is 0 Å². The van der Waals surface area contributed by atoms with Crippen LogP contribution in [0.2, 0.25) is 5.02 Å². The molecule has 1 unspecified atom stereocenters. The van der Waals surface area contributed by atoms with E-state index in [2.05, 4.69) is 10.6 Å². The van der Waals surface area contributed by atoms with Crippen LogP contribution in [0.5, 0.6) is 0 Å². The van der Waals surface area contributed by atoms with Crippen LogP contribution in [0.15, 0.2) is 36.4 Å². The van der Waals surface area contributed by atoms with E-state index in [1.807, 2.05) is 0 Å². The molecule has 7 nitrogen and oxygen atoms in total. The Morgan fingerprint density at radius 3 is 2.38 bits per heavy atom. The number of benzene rings is 2. The van der Waals surface area contributed by atoms with Gasteiger partial charge in [0.1, 0.15) is 6.04 Å². The monoisotopic (exact) mass is 383 g/mol. The van der Waals surface area contributed by atoms with Crippen molar-refractivity contribution in [1.82, 2.24) is 10.6 Å². The summed E-state index contributed by atoms with van der Waals surface area (Å²) in [6.45, 7) is 0. The molecule has 0 fully saturated rings. The van der Waals surface area contributed by atoms with Gasteiger partial charge < -0.3 is 10.6 Å². The average molecular weight is 384 g/mol. The summed E-state index contributed by atoms with van der Waals surface area (Å²) in [5.74, 6) is -3.78. The molecule has 0 saturated carbocycles. The van der Waals surface area contributed by atoms with Crippen LogP contribution in [0.1, 0.15) is 22.0 Å². The lowest BCUT2D eigenvalue weighted by Gasteiger charge is -2.18. The number of carbonyl (C=O) groups is 2.